The lowest BCUT2D eigenvalue weighted by atomic mass is 10.1. The summed E-state index contributed by atoms with van der Waals surface area (Å²) in [7, 11) is 0. The van der Waals surface area contributed by atoms with E-state index in [1.165, 1.54) is 0 Å². The predicted octanol–water partition coefficient (Wildman–Crippen LogP) is 1.80. The molecule has 1 unspecified atom stereocenters. The third-order valence-corrected chi connectivity index (χ3v) is 2.95. The fourth-order valence-electron chi connectivity index (χ4n) is 0.951. The Kier molecular flexibility index (Phi) is 3.55. The molecule has 5 heteroatoms. The average molecular weight is 267 g/mol. The maximum Gasteiger partial charge on any atom is 0.141 e. The molecule has 0 aromatic heterocycles. The van der Waals surface area contributed by atoms with Gasteiger partial charge < -0.3 is 15.9 Å². The number of hydrogen-bond acceptors (Lipinski definition) is 3. The van der Waals surface area contributed by atoms with Gasteiger partial charge in [0, 0.05) is 16.6 Å². The zero-order chi connectivity index (χ0) is 10.0. The molecule has 72 valence electrons. The highest BCUT2D eigenvalue weighted by Crippen LogP contribution is 2.36. The number of benzene rings is 1. The summed E-state index contributed by atoms with van der Waals surface area (Å²) in [6.45, 7) is 0.0471. The van der Waals surface area contributed by atoms with E-state index in [1.54, 1.807) is 12.1 Å². The SMILES string of the molecule is NCC(O)c1ccc(Br)c(Cl)c1O. The quantitative estimate of drug-likeness (QED) is 0.765. The molecular formula is C8H9BrClNO2. The van der Waals surface area contributed by atoms with Crippen LogP contribution in [0.3, 0.4) is 0 Å². The van der Waals surface area contributed by atoms with Gasteiger partial charge in [0.1, 0.15) is 5.75 Å². The molecule has 4 N–H and O–H groups in total. The van der Waals surface area contributed by atoms with Gasteiger partial charge in [0.25, 0.3) is 0 Å². The van der Waals surface area contributed by atoms with E-state index < -0.39 is 6.10 Å². The second kappa shape index (κ2) is 4.28. The van der Waals surface area contributed by atoms with Gasteiger partial charge in [-0.15, -0.1) is 0 Å². The summed E-state index contributed by atoms with van der Waals surface area (Å²) in [5.41, 5.74) is 5.59. The van der Waals surface area contributed by atoms with Crippen LogP contribution >= 0.6 is 27.5 Å². The number of rotatable bonds is 2. The van der Waals surface area contributed by atoms with Crippen molar-refractivity contribution in [3.63, 3.8) is 0 Å². The number of aromatic hydroxyl groups is 1. The highest BCUT2D eigenvalue weighted by Gasteiger charge is 2.14. The Morgan fingerprint density at radius 1 is 1.54 bits per heavy atom. The molecule has 1 atom stereocenters. The summed E-state index contributed by atoms with van der Waals surface area (Å²) in [6.07, 6.45) is -0.884. The van der Waals surface area contributed by atoms with Gasteiger partial charge in [0.15, 0.2) is 0 Å². The number of phenolic OH excluding ortho intramolecular Hbond substituents is 1. The van der Waals surface area contributed by atoms with Crippen molar-refractivity contribution in [3.8, 4) is 5.75 Å². The van der Waals surface area contributed by atoms with Crippen LogP contribution in [0.1, 0.15) is 11.7 Å². The lowest BCUT2D eigenvalue weighted by molar-refractivity contribution is 0.182. The summed E-state index contributed by atoms with van der Waals surface area (Å²) < 4.78 is 0.583. The molecule has 0 heterocycles. The Hall–Kier alpha value is -0.290. The second-order valence-electron chi connectivity index (χ2n) is 2.55. The van der Waals surface area contributed by atoms with E-state index in [0.717, 1.165) is 0 Å². The molecule has 0 amide bonds. The third kappa shape index (κ3) is 2.14. The first kappa shape index (κ1) is 10.8. The van der Waals surface area contributed by atoms with Crippen LogP contribution in [0.25, 0.3) is 0 Å². The first-order valence-corrected chi connectivity index (χ1v) is 4.80. The van der Waals surface area contributed by atoms with Crippen molar-refractivity contribution >= 4 is 27.5 Å². The van der Waals surface area contributed by atoms with Crippen LogP contribution in [-0.2, 0) is 0 Å². The molecule has 0 aliphatic rings. The monoisotopic (exact) mass is 265 g/mol. The minimum atomic E-state index is -0.884. The van der Waals surface area contributed by atoms with Gasteiger partial charge in [-0.2, -0.15) is 0 Å². The molecule has 0 spiro atoms. The average Bonchev–Trinajstić information content (AvgIpc) is 2.13. The van der Waals surface area contributed by atoms with Crippen molar-refractivity contribution in [3.05, 3.63) is 27.2 Å². The van der Waals surface area contributed by atoms with Gasteiger partial charge in [0.2, 0.25) is 0 Å². The van der Waals surface area contributed by atoms with Gasteiger partial charge in [0.05, 0.1) is 11.1 Å². The first-order chi connectivity index (χ1) is 6.07. The van der Waals surface area contributed by atoms with Crippen LogP contribution in [0.5, 0.6) is 5.75 Å². The van der Waals surface area contributed by atoms with Crippen LogP contribution in [0.4, 0.5) is 0 Å². The van der Waals surface area contributed by atoms with E-state index in [9.17, 15) is 10.2 Å². The Morgan fingerprint density at radius 3 is 2.69 bits per heavy atom. The molecule has 1 aromatic rings. The molecule has 0 aliphatic carbocycles. The topological polar surface area (TPSA) is 66.5 Å². The van der Waals surface area contributed by atoms with Crippen molar-refractivity contribution in [1.82, 2.24) is 0 Å². The molecule has 13 heavy (non-hydrogen) atoms. The molecule has 0 aliphatic heterocycles. The lowest BCUT2D eigenvalue weighted by Crippen LogP contribution is -2.11. The summed E-state index contributed by atoms with van der Waals surface area (Å²) in [4.78, 5) is 0. The maximum atomic E-state index is 9.50. The Balaban J connectivity index is 3.18. The van der Waals surface area contributed by atoms with E-state index >= 15 is 0 Å². The molecule has 1 rings (SSSR count). The summed E-state index contributed by atoms with van der Waals surface area (Å²) in [6, 6.07) is 3.22. The standard InChI is InChI=1S/C8H9BrClNO2/c9-5-2-1-4(6(12)3-11)8(13)7(5)10/h1-2,6,12-13H,3,11H2. The Bertz CT molecular complexity index is 319. The molecule has 3 nitrogen and oxygen atoms in total. The van der Waals surface area contributed by atoms with E-state index in [2.05, 4.69) is 15.9 Å². The fourth-order valence-corrected chi connectivity index (χ4v) is 1.44. The third-order valence-electron chi connectivity index (χ3n) is 1.68. The molecule has 0 fully saturated rings. The van der Waals surface area contributed by atoms with Crippen molar-refractivity contribution in [2.24, 2.45) is 5.73 Å². The smallest absolute Gasteiger partial charge is 0.141 e. The minimum absolute atomic E-state index is 0.0471. The largest absolute Gasteiger partial charge is 0.506 e. The maximum absolute atomic E-state index is 9.50. The minimum Gasteiger partial charge on any atom is -0.506 e. The van der Waals surface area contributed by atoms with Crippen LogP contribution in [0, 0.1) is 0 Å². The fraction of sp³-hybridized carbons (Fsp3) is 0.250. The number of aliphatic hydroxyl groups excluding tert-OH is 1. The Morgan fingerprint density at radius 2 is 2.15 bits per heavy atom. The van der Waals surface area contributed by atoms with E-state index in [0.29, 0.717) is 10.0 Å². The van der Waals surface area contributed by atoms with Crippen molar-refractivity contribution in [1.29, 1.82) is 0 Å². The molecule has 0 saturated carbocycles. The van der Waals surface area contributed by atoms with E-state index in [-0.39, 0.29) is 17.3 Å². The summed E-state index contributed by atoms with van der Waals surface area (Å²) >= 11 is 8.88. The van der Waals surface area contributed by atoms with Crippen molar-refractivity contribution < 1.29 is 10.2 Å². The van der Waals surface area contributed by atoms with Gasteiger partial charge >= 0.3 is 0 Å². The summed E-state index contributed by atoms with van der Waals surface area (Å²) in [5, 5.41) is 19.1. The van der Waals surface area contributed by atoms with Gasteiger partial charge in [-0.1, -0.05) is 17.7 Å². The van der Waals surface area contributed by atoms with Crippen LogP contribution in [0.2, 0.25) is 5.02 Å². The Labute approximate surface area is 89.3 Å². The van der Waals surface area contributed by atoms with Gasteiger partial charge in [-0.3, -0.25) is 0 Å². The molecule has 1 aromatic carbocycles. The van der Waals surface area contributed by atoms with Gasteiger partial charge in [-0.05, 0) is 22.0 Å². The molecule has 0 bridgehead atoms. The normalized spacial score (nSPS) is 12.9. The van der Waals surface area contributed by atoms with Crippen LogP contribution in [-0.4, -0.2) is 16.8 Å². The highest BCUT2D eigenvalue weighted by molar-refractivity contribution is 9.10. The van der Waals surface area contributed by atoms with Crippen molar-refractivity contribution in [2.75, 3.05) is 6.54 Å². The molecule has 0 saturated heterocycles. The predicted molar refractivity (Wildman–Crippen MR) is 54.8 cm³/mol. The van der Waals surface area contributed by atoms with Crippen LogP contribution < -0.4 is 5.73 Å². The van der Waals surface area contributed by atoms with Crippen molar-refractivity contribution in [2.45, 2.75) is 6.10 Å². The number of phenols is 1. The number of halogens is 2. The number of nitrogens with two attached hydrogens (primary N) is 1. The zero-order valence-corrected chi connectivity index (χ0v) is 9.01. The van der Waals surface area contributed by atoms with Gasteiger partial charge in [-0.25, -0.2) is 0 Å². The zero-order valence-electron chi connectivity index (χ0n) is 6.67. The molecule has 0 radical (unpaired) electrons. The number of hydrogen-bond donors (Lipinski definition) is 3. The number of aliphatic hydroxyl groups is 1. The van der Waals surface area contributed by atoms with Crippen LogP contribution in [0.15, 0.2) is 16.6 Å². The van der Waals surface area contributed by atoms with E-state index in [4.69, 9.17) is 17.3 Å². The molecular weight excluding hydrogens is 257 g/mol. The van der Waals surface area contributed by atoms with E-state index in [1.807, 2.05) is 0 Å². The second-order valence-corrected chi connectivity index (χ2v) is 3.78. The lowest BCUT2D eigenvalue weighted by Gasteiger charge is -2.11. The highest BCUT2D eigenvalue weighted by atomic mass is 79.9. The first-order valence-electron chi connectivity index (χ1n) is 3.63. The summed E-state index contributed by atoms with van der Waals surface area (Å²) in [5.74, 6) is -0.131.